The molecule has 0 aliphatic rings. The summed E-state index contributed by atoms with van der Waals surface area (Å²) >= 11 is 0. The van der Waals surface area contributed by atoms with E-state index < -0.39 is 6.10 Å². The molecule has 0 aliphatic heterocycles. The molecule has 2 heteroatoms. The molecule has 0 fully saturated rings. The fourth-order valence-electron chi connectivity index (χ4n) is 0.336. The summed E-state index contributed by atoms with van der Waals surface area (Å²) in [6.07, 6.45) is 1.11. The third kappa shape index (κ3) is 2.09. The maximum absolute atomic E-state index is 8.81. The number of aliphatic hydroxyl groups is 2. The Labute approximate surface area is 49.5 Å². The van der Waals surface area contributed by atoms with E-state index in [0.29, 0.717) is 0 Å². The van der Waals surface area contributed by atoms with Gasteiger partial charge in [0.25, 0.3) is 0 Å². The van der Waals surface area contributed by atoms with Gasteiger partial charge in [-0.1, -0.05) is 6.08 Å². The van der Waals surface area contributed by atoms with Crippen molar-refractivity contribution in [1.82, 2.24) is 0 Å². The lowest BCUT2D eigenvalue weighted by Gasteiger charge is -2.04. The molecule has 2 nitrogen and oxygen atoms in total. The summed E-state index contributed by atoms with van der Waals surface area (Å²) in [6.45, 7) is 3.42. The lowest BCUT2D eigenvalue weighted by Crippen LogP contribution is -2.12. The van der Waals surface area contributed by atoms with Crippen LogP contribution < -0.4 is 0 Å². The molecular formula is C6H12O2. The van der Waals surface area contributed by atoms with Crippen molar-refractivity contribution in [3.63, 3.8) is 0 Å². The molecular weight excluding hydrogens is 104 g/mol. The number of rotatable bonds is 2. The normalized spacial score (nSPS) is 16.2. The van der Waals surface area contributed by atoms with Gasteiger partial charge in [-0.2, -0.15) is 0 Å². The first-order chi connectivity index (χ1) is 3.72. The molecule has 0 bridgehead atoms. The van der Waals surface area contributed by atoms with Gasteiger partial charge in [-0.05, 0) is 19.4 Å². The van der Waals surface area contributed by atoms with Crippen LogP contribution in [0.2, 0.25) is 0 Å². The highest BCUT2D eigenvalue weighted by molar-refractivity contribution is 5.01. The van der Waals surface area contributed by atoms with Crippen LogP contribution in [0.3, 0.4) is 0 Å². The van der Waals surface area contributed by atoms with E-state index in [9.17, 15) is 0 Å². The second kappa shape index (κ2) is 3.64. The van der Waals surface area contributed by atoms with Crippen LogP contribution in [-0.2, 0) is 0 Å². The average Bonchev–Trinajstić information content (AvgIpc) is 1.84. The molecule has 0 amide bonds. The first-order valence-electron chi connectivity index (χ1n) is 2.64. The molecule has 0 saturated heterocycles. The predicted molar refractivity (Wildman–Crippen MR) is 32.5 cm³/mol. The van der Waals surface area contributed by atoms with Gasteiger partial charge in [-0.25, -0.2) is 0 Å². The Balaban J connectivity index is 3.63. The van der Waals surface area contributed by atoms with E-state index in [-0.39, 0.29) is 6.61 Å². The van der Waals surface area contributed by atoms with E-state index in [4.69, 9.17) is 10.2 Å². The fraction of sp³-hybridized carbons (Fsp3) is 0.667. The van der Waals surface area contributed by atoms with Crippen molar-refractivity contribution in [2.45, 2.75) is 20.0 Å². The van der Waals surface area contributed by atoms with Gasteiger partial charge in [-0.15, -0.1) is 0 Å². The molecule has 0 aromatic rings. The second-order valence-electron chi connectivity index (χ2n) is 1.73. The number of hydrogen-bond donors (Lipinski definition) is 2. The molecule has 1 atom stereocenters. The highest BCUT2D eigenvalue weighted by Gasteiger charge is 2.00. The molecule has 48 valence electrons. The quantitative estimate of drug-likeness (QED) is 0.509. The van der Waals surface area contributed by atoms with Gasteiger partial charge < -0.3 is 10.2 Å². The van der Waals surface area contributed by atoms with Gasteiger partial charge in [0.05, 0.1) is 12.7 Å². The summed E-state index contributed by atoms with van der Waals surface area (Å²) in [7, 11) is 0. The third-order valence-electron chi connectivity index (χ3n) is 1.15. The van der Waals surface area contributed by atoms with Crippen LogP contribution in [0.15, 0.2) is 11.6 Å². The van der Waals surface area contributed by atoms with Crippen molar-refractivity contribution in [2.24, 2.45) is 0 Å². The van der Waals surface area contributed by atoms with Crippen LogP contribution in [0, 0.1) is 0 Å². The summed E-state index contributed by atoms with van der Waals surface area (Å²) < 4.78 is 0. The van der Waals surface area contributed by atoms with E-state index in [2.05, 4.69) is 0 Å². The Morgan fingerprint density at radius 1 is 1.75 bits per heavy atom. The van der Waals surface area contributed by atoms with Gasteiger partial charge in [0, 0.05) is 0 Å². The highest BCUT2D eigenvalue weighted by atomic mass is 16.3. The lowest BCUT2D eigenvalue weighted by atomic mass is 10.2. The predicted octanol–water partition coefficient (Wildman–Crippen LogP) is 0.306. The Bertz CT molecular complexity index is 86.5. The topological polar surface area (TPSA) is 40.5 Å². The molecule has 0 aliphatic carbocycles. The average molecular weight is 116 g/mol. The number of aliphatic hydroxyl groups excluding tert-OH is 2. The first kappa shape index (κ1) is 7.66. The summed E-state index contributed by atoms with van der Waals surface area (Å²) in [4.78, 5) is 0. The van der Waals surface area contributed by atoms with E-state index in [1.165, 1.54) is 0 Å². The van der Waals surface area contributed by atoms with E-state index in [1.54, 1.807) is 13.0 Å². The zero-order valence-electron chi connectivity index (χ0n) is 5.26. The third-order valence-corrected chi connectivity index (χ3v) is 1.15. The molecule has 2 N–H and O–H groups in total. The Morgan fingerprint density at radius 2 is 2.25 bits per heavy atom. The minimum Gasteiger partial charge on any atom is -0.393 e. The SMILES string of the molecule is C/C=C(/C)C(O)CO. The molecule has 0 radical (unpaired) electrons. The van der Waals surface area contributed by atoms with E-state index in [0.717, 1.165) is 5.57 Å². The molecule has 0 aromatic carbocycles. The smallest absolute Gasteiger partial charge is 0.0978 e. The molecule has 8 heavy (non-hydrogen) atoms. The van der Waals surface area contributed by atoms with Crippen LogP contribution in [0.1, 0.15) is 13.8 Å². The summed E-state index contributed by atoms with van der Waals surface area (Å²) in [6, 6.07) is 0. The van der Waals surface area contributed by atoms with Crippen molar-refractivity contribution in [3.8, 4) is 0 Å². The largest absolute Gasteiger partial charge is 0.393 e. The molecule has 0 spiro atoms. The Kier molecular flexibility index (Phi) is 3.48. The van der Waals surface area contributed by atoms with Crippen LogP contribution in [0.4, 0.5) is 0 Å². The minimum atomic E-state index is -0.667. The summed E-state index contributed by atoms with van der Waals surface area (Å²) in [5.74, 6) is 0. The zero-order valence-corrected chi connectivity index (χ0v) is 5.26. The second-order valence-corrected chi connectivity index (χ2v) is 1.73. The van der Waals surface area contributed by atoms with Crippen molar-refractivity contribution in [3.05, 3.63) is 11.6 Å². The van der Waals surface area contributed by atoms with Crippen molar-refractivity contribution in [1.29, 1.82) is 0 Å². The van der Waals surface area contributed by atoms with Crippen molar-refractivity contribution >= 4 is 0 Å². The van der Waals surface area contributed by atoms with Crippen molar-refractivity contribution < 1.29 is 10.2 Å². The monoisotopic (exact) mass is 116 g/mol. The minimum absolute atomic E-state index is 0.184. The standard InChI is InChI=1S/C6H12O2/c1-3-5(2)6(8)4-7/h3,6-8H,4H2,1-2H3/b5-3-. The maximum atomic E-state index is 8.81. The van der Waals surface area contributed by atoms with Crippen LogP contribution >= 0.6 is 0 Å². The van der Waals surface area contributed by atoms with Crippen LogP contribution in [0.25, 0.3) is 0 Å². The van der Waals surface area contributed by atoms with E-state index >= 15 is 0 Å². The number of allylic oxidation sites excluding steroid dienone is 1. The molecule has 0 saturated carbocycles. The molecule has 1 unspecified atom stereocenters. The van der Waals surface area contributed by atoms with Crippen LogP contribution in [0.5, 0.6) is 0 Å². The zero-order chi connectivity index (χ0) is 6.57. The number of hydrogen-bond acceptors (Lipinski definition) is 2. The highest BCUT2D eigenvalue weighted by Crippen LogP contribution is 1.97. The Hall–Kier alpha value is -0.340. The fourth-order valence-corrected chi connectivity index (χ4v) is 0.336. The molecule has 0 heterocycles. The summed E-state index contributed by atoms with van der Waals surface area (Å²) in [5, 5.41) is 17.2. The molecule has 0 aromatic heterocycles. The van der Waals surface area contributed by atoms with Gasteiger partial charge >= 0.3 is 0 Å². The lowest BCUT2D eigenvalue weighted by molar-refractivity contribution is 0.122. The Morgan fingerprint density at radius 3 is 2.38 bits per heavy atom. The van der Waals surface area contributed by atoms with E-state index in [1.807, 2.05) is 6.92 Å². The van der Waals surface area contributed by atoms with Gasteiger partial charge in [-0.3, -0.25) is 0 Å². The first-order valence-corrected chi connectivity index (χ1v) is 2.64. The van der Waals surface area contributed by atoms with Gasteiger partial charge in [0.1, 0.15) is 0 Å². The van der Waals surface area contributed by atoms with Crippen molar-refractivity contribution in [2.75, 3.05) is 6.61 Å². The van der Waals surface area contributed by atoms with Gasteiger partial charge in [0.15, 0.2) is 0 Å². The molecule has 0 rings (SSSR count). The van der Waals surface area contributed by atoms with Gasteiger partial charge in [0.2, 0.25) is 0 Å². The maximum Gasteiger partial charge on any atom is 0.0978 e. The van der Waals surface area contributed by atoms with Crippen LogP contribution in [-0.4, -0.2) is 22.9 Å². The summed E-state index contributed by atoms with van der Waals surface area (Å²) in [5.41, 5.74) is 0.813.